The third kappa shape index (κ3) is 3.77. The van der Waals surface area contributed by atoms with Gasteiger partial charge in [-0.25, -0.2) is 0 Å². The minimum atomic E-state index is 0.119. The maximum atomic E-state index is 12.6. The molecule has 1 amide bonds. The van der Waals surface area contributed by atoms with Gasteiger partial charge in [-0.1, -0.05) is 20.8 Å². The van der Waals surface area contributed by atoms with Crippen molar-refractivity contribution in [2.24, 2.45) is 5.41 Å². The molecule has 0 aliphatic carbocycles. The molecule has 1 fully saturated rings. The number of carbonyl (C=O) groups excluding carboxylic acids is 1. The van der Waals surface area contributed by atoms with E-state index in [1.165, 1.54) is 0 Å². The molecule has 4 nitrogen and oxygen atoms in total. The average Bonchev–Trinajstić information content (AvgIpc) is 2.38. The zero-order chi connectivity index (χ0) is 13.9. The van der Waals surface area contributed by atoms with Crippen molar-refractivity contribution in [3.8, 4) is 0 Å². The van der Waals surface area contributed by atoms with Crippen molar-refractivity contribution < 1.29 is 4.79 Å². The molecular weight excluding hydrogens is 238 g/mol. The molecule has 4 heteroatoms. The van der Waals surface area contributed by atoms with Gasteiger partial charge in [0.1, 0.15) is 0 Å². The van der Waals surface area contributed by atoms with Crippen molar-refractivity contribution in [2.45, 2.75) is 27.2 Å². The molecule has 2 rings (SSSR count). The van der Waals surface area contributed by atoms with Crippen LogP contribution in [0.5, 0.6) is 0 Å². The maximum Gasteiger partial charge on any atom is 0.255 e. The normalized spacial score (nSPS) is 16.5. The van der Waals surface area contributed by atoms with Crippen LogP contribution in [0.2, 0.25) is 0 Å². The molecule has 1 aliphatic rings. The number of aromatic nitrogens is 1. The molecule has 0 atom stereocenters. The standard InChI is InChI=1S/C15H23N3O/c1-15(2,3)10-12-4-5-17-11-13(12)14(19)18-8-6-16-7-9-18/h4-5,11,16H,6-10H2,1-3H3. The predicted octanol–water partition coefficient (Wildman–Crippen LogP) is 1.72. The number of pyridine rings is 1. The molecule has 1 saturated heterocycles. The molecule has 1 N–H and O–H groups in total. The second-order valence-corrected chi connectivity index (χ2v) is 6.31. The Morgan fingerprint density at radius 3 is 2.68 bits per heavy atom. The number of piperazine rings is 1. The Morgan fingerprint density at radius 1 is 1.37 bits per heavy atom. The van der Waals surface area contributed by atoms with Gasteiger partial charge in [0, 0.05) is 38.6 Å². The number of carbonyl (C=O) groups is 1. The molecule has 0 spiro atoms. The second-order valence-electron chi connectivity index (χ2n) is 6.31. The molecule has 0 unspecified atom stereocenters. The molecule has 104 valence electrons. The summed E-state index contributed by atoms with van der Waals surface area (Å²) < 4.78 is 0. The molecule has 1 aromatic heterocycles. The third-order valence-corrected chi connectivity index (χ3v) is 3.27. The zero-order valence-electron chi connectivity index (χ0n) is 12.1. The Bertz CT molecular complexity index is 445. The van der Waals surface area contributed by atoms with Crippen molar-refractivity contribution in [3.05, 3.63) is 29.6 Å². The third-order valence-electron chi connectivity index (χ3n) is 3.27. The fourth-order valence-electron chi connectivity index (χ4n) is 2.38. The van der Waals surface area contributed by atoms with Gasteiger partial charge in [0.15, 0.2) is 0 Å². The number of amides is 1. The fraction of sp³-hybridized carbons (Fsp3) is 0.600. The molecule has 0 aromatic carbocycles. The summed E-state index contributed by atoms with van der Waals surface area (Å²) in [6.07, 6.45) is 4.38. The Labute approximate surface area is 115 Å². The first-order valence-electron chi connectivity index (χ1n) is 6.90. The quantitative estimate of drug-likeness (QED) is 0.881. The lowest BCUT2D eigenvalue weighted by Crippen LogP contribution is -2.46. The van der Waals surface area contributed by atoms with E-state index < -0.39 is 0 Å². The Balaban J connectivity index is 2.21. The first kappa shape index (κ1) is 14.0. The number of hydrogen-bond donors (Lipinski definition) is 1. The minimum Gasteiger partial charge on any atom is -0.336 e. The van der Waals surface area contributed by atoms with E-state index in [-0.39, 0.29) is 11.3 Å². The molecule has 1 aromatic rings. The molecular formula is C15H23N3O. The van der Waals surface area contributed by atoms with Gasteiger partial charge >= 0.3 is 0 Å². The van der Waals surface area contributed by atoms with E-state index >= 15 is 0 Å². The van der Waals surface area contributed by atoms with Gasteiger partial charge in [0.25, 0.3) is 5.91 Å². The summed E-state index contributed by atoms with van der Waals surface area (Å²) in [5.74, 6) is 0.119. The van der Waals surface area contributed by atoms with E-state index in [2.05, 4.69) is 31.1 Å². The maximum absolute atomic E-state index is 12.6. The van der Waals surface area contributed by atoms with Crippen molar-refractivity contribution in [1.29, 1.82) is 0 Å². The van der Waals surface area contributed by atoms with E-state index in [1.807, 2.05) is 11.0 Å². The smallest absolute Gasteiger partial charge is 0.255 e. The van der Waals surface area contributed by atoms with Crippen LogP contribution in [0.1, 0.15) is 36.7 Å². The molecule has 19 heavy (non-hydrogen) atoms. The number of hydrogen-bond acceptors (Lipinski definition) is 3. The van der Waals surface area contributed by atoms with Gasteiger partial charge in [0.2, 0.25) is 0 Å². The minimum absolute atomic E-state index is 0.119. The van der Waals surface area contributed by atoms with Crippen molar-refractivity contribution in [1.82, 2.24) is 15.2 Å². The largest absolute Gasteiger partial charge is 0.336 e. The van der Waals surface area contributed by atoms with Gasteiger partial charge in [0.05, 0.1) is 5.56 Å². The number of nitrogens with one attached hydrogen (secondary N) is 1. The van der Waals surface area contributed by atoms with Crippen LogP contribution in [0.25, 0.3) is 0 Å². The number of nitrogens with zero attached hydrogens (tertiary/aromatic N) is 2. The van der Waals surface area contributed by atoms with Crippen LogP contribution < -0.4 is 5.32 Å². The topological polar surface area (TPSA) is 45.2 Å². The Hall–Kier alpha value is -1.42. The van der Waals surface area contributed by atoms with Crippen LogP contribution in [-0.2, 0) is 6.42 Å². The summed E-state index contributed by atoms with van der Waals surface area (Å²) in [6, 6.07) is 1.97. The molecule has 0 bridgehead atoms. The Morgan fingerprint density at radius 2 is 2.05 bits per heavy atom. The van der Waals surface area contributed by atoms with Crippen LogP contribution in [-0.4, -0.2) is 42.0 Å². The summed E-state index contributed by atoms with van der Waals surface area (Å²) in [4.78, 5) is 18.6. The highest BCUT2D eigenvalue weighted by Crippen LogP contribution is 2.23. The highest BCUT2D eigenvalue weighted by Gasteiger charge is 2.22. The van der Waals surface area contributed by atoms with Crippen LogP contribution in [0, 0.1) is 5.41 Å². The molecule has 2 heterocycles. The van der Waals surface area contributed by atoms with Crippen LogP contribution in [0.3, 0.4) is 0 Å². The monoisotopic (exact) mass is 261 g/mol. The highest BCUT2D eigenvalue weighted by atomic mass is 16.2. The van der Waals surface area contributed by atoms with Gasteiger partial charge in [-0.3, -0.25) is 9.78 Å². The zero-order valence-corrected chi connectivity index (χ0v) is 12.1. The summed E-state index contributed by atoms with van der Waals surface area (Å²) in [5.41, 5.74) is 2.03. The molecule has 0 saturated carbocycles. The molecule has 0 radical (unpaired) electrons. The second kappa shape index (κ2) is 5.70. The van der Waals surface area contributed by atoms with Gasteiger partial charge < -0.3 is 10.2 Å². The lowest BCUT2D eigenvalue weighted by atomic mass is 9.86. The van der Waals surface area contributed by atoms with Gasteiger partial charge in [-0.15, -0.1) is 0 Å². The lowest BCUT2D eigenvalue weighted by molar-refractivity contribution is 0.0734. The van der Waals surface area contributed by atoms with Crippen molar-refractivity contribution in [3.63, 3.8) is 0 Å². The highest BCUT2D eigenvalue weighted by molar-refractivity contribution is 5.95. The van der Waals surface area contributed by atoms with Crippen LogP contribution in [0.15, 0.2) is 18.5 Å². The van der Waals surface area contributed by atoms with E-state index in [1.54, 1.807) is 12.4 Å². The van der Waals surface area contributed by atoms with Gasteiger partial charge in [-0.05, 0) is 23.5 Å². The first-order chi connectivity index (χ1) is 8.97. The van der Waals surface area contributed by atoms with E-state index in [0.29, 0.717) is 0 Å². The summed E-state index contributed by atoms with van der Waals surface area (Å²) in [5, 5.41) is 3.26. The molecule has 1 aliphatic heterocycles. The van der Waals surface area contributed by atoms with E-state index in [4.69, 9.17) is 0 Å². The van der Waals surface area contributed by atoms with E-state index in [0.717, 1.165) is 43.7 Å². The average molecular weight is 261 g/mol. The van der Waals surface area contributed by atoms with Crippen LogP contribution >= 0.6 is 0 Å². The summed E-state index contributed by atoms with van der Waals surface area (Å²) >= 11 is 0. The SMILES string of the molecule is CC(C)(C)Cc1ccncc1C(=O)N1CCNCC1. The number of rotatable bonds is 2. The van der Waals surface area contributed by atoms with Crippen molar-refractivity contribution in [2.75, 3.05) is 26.2 Å². The van der Waals surface area contributed by atoms with E-state index in [9.17, 15) is 4.79 Å². The van der Waals surface area contributed by atoms with Crippen molar-refractivity contribution >= 4 is 5.91 Å². The summed E-state index contributed by atoms with van der Waals surface area (Å²) in [7, 11) is 0. The first-order valence-corrected chi connectivity index (χ1v) is 6.90. The van der Waals surface area contributed by atoms with Crippen LogP contribution in [0.4, 0.5) is 0 Å². The lowest BCUT2D eigenvalue weighted by Gasteiger charge is -2.28. The predicted molar refractivity (Wildman–Crippen MR) is 76.2 cm³/mol. The summed E-state index contributed by atoms with van der Waals surface area (Å²) in [6.45, 7) is 9.87. The fourth-order valence-corrected chi connectivity index (χ4v) is 2.38. The Kier molecular flexibility index (Phi) is 4.20. The van der Waals surface area contributed by atoms with Gasteiger partial charge in [-0.2, -0.15) is 0 Å².